The molecule has 0 spiro atoms. The number of halogens is 1. The third-order valence-corrected chi connectivity index (χ3v) is 2.89. The Hall–Kier alpha value is -1.46. The summed E-state index contributed by atoms with van der Waals surface area (Å²) in [6, 6.07) is 1.00. The highest BCUT2D eigenvalue weighted by Gasteiger charge is 2.23. The Morgan fingerprint density at radius 3 is 2.44 bits per heavy atom. The Bertz CT molecular complexity index is 462. The molecule has 3 N–H and O–H groups in total. The third kappa shape index (κ3) is 2.86. The van der Waals surface area contributed by atoms with Gasteiger partial charge in [-0.15, -0.1) is 0 Å². The van der Waals surface area contributed by atoms with Crippen molar-refractivity contribution in [1.29, 1.82) is 0 Å². The van der Waals surface area contributed by atoms with Gasteiger partial charge in [-0.2, -0.15) is 0 Å². The van der Waals surface area contributed by atoms with E-state index in [0.29, 0.717) is 22.1 Å². The zero-order chi connectivity index (χ0) is 13.9. The lowest BCUT2D eigenvalue weighted by atomic mass is 9.97. The number of hydrogen-bond acceptors (Lipinski definition) is 4. The Morgan fingerprint density at radius 2 is 2.00 bits per heavy atom. The summed E-state index contributed by atoms with van der Waals surface area (Å²) in [5.41, 5.74) is 7.26. The number of carboxylic acids is 1. The maximum atomic E-state index is 10.7. The monoisotopic (exact) mass is 273 g/mol. The highest BCUT2D eigenvalue weighted by molar-refractivity contribution is 6.32. The molecule has 0 saturated heterocycles. The summed E-state index contributed by atoms with van der Waals surface area (Å²) in [5.74, 6) is -0.227. The van der Waals surface area contributed by atoms with Gasteiger partial charge in [0.25, 0.3) is 0 Å². The van der Waals surface area contributed by atoms with Gasteiger partial charge in [0.15, 0.2) is 11.5 Å². The van der Waals surface area contributed by atoms with Crippen LogP contribution in [0.25, 0.3) is 0 Å². The van der Waals surface area contributed by atoms with Crippen LogP contribution < -0.4 is 15.2 Å². The van der Waals surface area contributed by atoms with E-state index < -0.39 is 12.0 Å². The van der Waals surface area contributed by atoms with Crippen LogP contribution in [0.1, 0.15) is 23.6 Å². The zero-order valence-electron chi connectivity index (χ0n) is 10.5. The molecule has 0 bridgehead atoms. The molecular formula is C12H16ClNO4. The van der Waals surface area contributed by atoms with Crippen molar-refractivity contribution in [1.82, 2.24) is 0 Å². The van der Waals surface area contributed by atoms with Gasteiger partial charge in [-0.25, -0.2) is 0 Å². The van der Waals surface area contributed by atoms with Crippen molar-refractivity contribution in [2.24, 2.45) is 5.73 Å². The summed E-state index contributed by atoms with van der Waals surface area (Å²) < 4.78 is 10.4. The van der Waals surface area contributed by atoms with Gasteiger partial charge in [-0.05, 0) is 18.6 Å². The molecule has 0 radical (unpaired) electrons. The minimum atomic E-state index is -0.974. The first-order valence-electron chi connectivity index (χ1n) is 5.30. The predicted molar refractivity (Wildman–Crippen MR) is 68.5 cm³/mol. The average Bonchev–Trinajstić information content (AvgIpc) is 2.26. The molecule has 0 saturated carbocycles. The van der Waals surface area contributed by atoms with Crippen LogP contribution in [0.5, 0.6) is 11.5 Å². The molecule has 0 aliphatic heterocycles. The summed E-state index contributed by atoms with van der Waals surface area (Å²) in [4.78, 5) is 10.7. The van der Waals surface area contributed by atoms with E-state index in [1.807, 2.05) is 0 Å². The summed E-state index contributed by atoms with van der Waals surface area (Å²) in [5, 5.41) is 9.20. The maximum Gasteiger partial charge on any atom is 0.305 e. The van der Waals surface area contributed by atoms with Crippen LogP contribution in [0.2, 0.25) is 5.02 Å². The molecule has 1 atom stereocenters. The van der Waals surface area contributed by atoms with Gasteiger partial charge >= 0.3 is 5.97 Å². The van der Waals surface area contributed by atoms with Crippen LogP contribution in [0.3, 0.4) is 0 Å². The quantitative estimate of drug-likeness (QED) is 0.859. The fraction of sp³-hybridized carbons (Fsp3) is 0.417. The second-order valence-corrected chi connectivity index (χ2v) is 4.27. The Kier molecular flexibility index (Phi) is 4.81. The van der Waals surface area contributed by atoms with Gasteiger partial charge < -0.3 is 20.3 Å². The third-order valence-electron chi connectivity index (χ3n) is 2.61. The molecule has 1 rings (SSSR count). The van der Waals surface area contributed by atoms with Crippen LogP contribution in [0.4, 0.5) is 0 Å². The van der Waals surface area contributed by atoms with Crippen LogP contribution in [0, 0.1) is 6.92 Å². The number of ether oxygens (including phenoxy) is 2. The molecule has 18 heavy (non-hydrogen) atoms. The summed E-state index contributed by atoms with van der Waals surface area (Å²) in [6.07, 6.45) is -0.192. The molecule has 1 unspecified atom stereocenters. The first-order chi connectivity index (χ1) is 8.42. The molecular weight excluding hydrogens is 258 g/mol. The molecule has 0 aliphatic rings. The molecule has 0 fully saturated rings. The van der Waals surface area contributed by atoms with Crippen molar-refractivity contribution >= 4 is 17.6 Å². The van der Waals surface area contributed by atoms with Crippen molar-refractivity contribution in [3.05, 3.63) is 22.2 Å². The summed E-state index contributed by atoms with van der Waals surface area (Å²) >= 11 is 6.03. The molecule has 1 aromatic carbocycles. The second-order valence-electron chi connectivity index (χ2n) is 3.86. The Labute approximate surface area is 110 Å². The van der Waals surface area contributed by atoms with Crippen molar-refractivity contribution < 1.29 is 19.4 Å². The lowest BCUT2D eigenvalue weighted by Gasteiger charge is -2.20. The largest absolute Gasteiger partial charge is 0.492 e. The molecule has 0 amide bonds. The number of rotatable bonds is 5. The molecule has 1 aromatic rings. The van der Waals surface area contributed by atoms with Gasteiger partial charge in [0, 0.05) is 11.6 Å². The highest BCUT2D eigenvalue weighted by Crippen LogP contribution is 2.42. The molecule has 0 aromatic heterocycles. The lowest BCUT2D eigenvalue weighted by molar-refractivity contribution is -0.137. The number of aliphatic carboxylic acids is 1. The van der Waals surface area contributed by atoms with Crippen LogP contribution in [0.15, 0.2) is 6.07 Å². The molecule has 0 heterocycles. The van der Waals surface area contributed by atoms with Crippen molar-refractivity contribution in [3.8, 4) is 11.5 Å². The van der Waals surface area contributed by atoms with Crippen LogP contribution >= 0.6 is 11.6 Å². The summed E-state index contributed by atoms with van der Waals surface area (Å²) in [7, 11) is 2.93. The maximum absolute atomic E-state index is 10.7. The van der Waals surface area contributed by atoms with Gasteiger partial charge in [-0.3, -0.25) is 4.79 Å². The van der Waals surface area contributed by atoms with E-state index in [4.69, 9.17) is 31.9 Å². The fourth-order valence-electron chi connectivity index (χ4n) is 1.89. The smallest absolute Gasteiger partial charge is 0.305 e. The first-order valence-corrected chi connectivity index (χ1v) is 5.68. The minimum absolute atomic E-state index is 0.192. The molecule has 5 nitrogen and oxygen atoms in total. The summed E-state index contributed by atoms with van der Waals surface area (Å²) in [6.45, 7) is 1.80. The second kappa shape index (κ2) is 5.93. The number of methoxy groups -OCH3 is 2. The van der Waals surface area contributed by atoms with Crippen molar-refractivity contribution in [2.45, 2.75) is 19.4 Å². The number of carbonyl (C=O) groups is 1. The standard InChI is InChI=1S/C12H16ClNO4/c1-6-4-7(13)11(17-2)12(18-3)10(6)8(14)5-9(15)16/h4,8H,5,14H2,1-3H3,(H,15,16). The van der Waals surface area contributed by atoms with Crippen molar-refractivity contribution in [3.63, 3.8) is 0 Å². The van der Waals surface area contributed by atoms with E-state index in [0.717, 1.165) is 5.56 Å². The molecule has 100 valence electrons. The lowest BCUT2D eigenvalue weighted by Crippen LogP contribution is -2.17. The van der Waals surface area contributed by atoms with E-state index in [2.05, 4.69) is 0 Å². The first kappa shape index (κ1) is 14.6. The van der Waals surface area contributed by atoms with Crippen LogP contribution in [-0.2, 0) is 4.79 Å². The van der Waals surface area contributed by atoms with Gasteiger partial charge in [0.05, 0.1) is 25.7 Å². The zero-order valence-corrected chi connectivity index (χ0v) is 11.2. The van der Waals surface area contributed by atoms with Crippen LogP contribution in [-0.4, -0.2) is 25.3 Å². The van der Waals surface area contributed by atoms with E-state index in [1.165, 1.54) is 14.2 Å². The van der Waals surface area contributed by atoms with E-state index in [-0.39, 0.29) is 6.42 Å². The Balaban J connectivity index is 3.37. The average molecular weight is 274 g/mol. The number of hydrogen-bond donors (Lipinski definition) is 2. The van der Waals surface area contributed by atoms with Gasteiger partial charge in [-0.1, -0.05) is 11.6 Å². The SMILES string of the molecule is COc1c(Cl)cc(C)c(C(N)CC(=O)O)c1OC. The highest BCUT2D eigenvalue weighted by atomic mass is 35.5. The van der Waals surface area contributed by atoms with E-state index >= 15 is 0 Å². The number of aryl methyl sites for hydroxylation is 1. The van der Waals surface area contributed by atoms with E-state index in [9.17, 15) is 4.79 Å². The minimum Gasteiger partial charge on any atom is -0.492 e. The van der Waals surface area contributed by atoms with Gasteiger partial charge in [0.2, 0.25) is 0 Å². The molecule has 6 heteroatoms. The van der Waals surface area contributed by atoms with E-state index in [1.54, 1.807) is 13.0 Å². The molecule has 0 aliphatic carbocycles. The van der Waals surface area contributed by atoms with Gasteiger partial charge in [0.1, 0.15) is 0 Å². The Morgan fingerprint density at radius 1 is 1.44 bits per heavy atom. The fourth-order valence-corrected chi connectivity index (χ4v) is 2.21. The normalized spacial score (nSPS) is 12.1. The number of nitrogens with two attached hydrogens (primary N) is 1. The predicted octanol–water partition coefficient (Wildman–Crippen LogP) is 2.14. The number of carboxylic acid groups (broad SMARTS) is 1. The topological polar surface area (TPSA) is 81.8 Å². The van der Waals surface area contributed by atoms with Crippen molar-refractivity contribution in [2.75, 3.05) is 14.2 Å². The number of benzene rings is 1.